The van der Waals surface area contributed by atoms with E-state index in [1.165, 1.54) is 56.9 Å². The van der Waals surface area contributed by atoms with E-state index in [4.69, 9.17) is 0 Å². The minimum absolute atomic E-state index is 0.362. The molecule has 28 heavy (non-hydrogen) atoms. The molecule has 0 spiro atoms. The zero-order valence-corrected chi connectivity index (χ0v) is 17.9. The van der Waals surface area contributed by atoms with Gasteiger partial charge in [-0.3, -0.25) is 0 Å². The first-order valence-corrected chi connectivity index (χ1v) is 11.3. The first kappa shape index (κ1) is 22.5. The number of hydrogen-bond donors (Lipinski definition) is 0. The lowest BCUT2D eigenvalue weighted by molar-refractivity contribution is 0.539. The van der Waals surface area contributed by atoms with Crippen molar-refractivity contribution in [1.29, 1.82) is 0 Å². The largest absolute Gasteiger partial charge is 0.236 e. The summed E-state index contributed by atoms with van der Waals surface area (Å²) in [6.07, 6.45) is 17.5. The van der Waals surface area contributed by atoms with Gasteiger partial charge in [-0.05, 0) is 24.8 Å². The summed E-state index contributed by atoms with van der Waals surface area (Å²) in [5.41, 5.74) is 2.82. The summed E-state index contributed by atoms with van der Waals surface area (Å²) in [6, 6.07) is 8.14. The molecule has 154 valence electrons. The highest BCUT2D eigenvalue weighted by molar-refractivity contribution is 5.55. The molecule has 0 aliphatic carbocycles. The summed E-state index contributed by atoms with van der Waals surface area (Å²) < 4.78 is 14.4. The molecule has 0 N–H and O–H groups in total. The summed E-state index contributed by atoms with van der Waals surface area (Å²) in [7, 11) is 0. The van der Waals surface area contributed by atoms with Crippen LogP contribution in [0.15, 0.2) is 30.5 Å². The molecule has 0 amide bonds. The van der Waals surface area contributed by atoms with Crippen LogP contribution in [0.1, 0.15) is 95.6 Å². The van der Waals surface area contributed by atoms with Crippen molar-refractivity contribution in [2.45, 2.75) is 97.3 Å². The van der Waals surface area contributed by atoms with Gasteiger partial charge in [0.2, 0.25) is 5.95 Å². The molecule has 1 aromatic heterocycles. The van der Waals surface area contributed by atoms with Crippen LogP contribution in [0, 0.1) is 5.95 Å². The SMILES string of the molecule is CCCCCCCCCCCCc1cnc(-c2ccc(CCC)cc2)nc1F. The van der Waals surface area contributed by atoms with Crippen molar-refractivity contribution in [3.8, 4) is 11.4 Å². The molecule has 0 bridgehead atoms. The second-order valence-corrected chi connectivity index (χ2v) is 7.89. The quantitative estimate of drug-likeness (QED) is 0.246. The molecule has 2 rings (SSSR count). The Labute approximate surface area is 171 Å². The van der Waals surface area contributed by atoms with E-state index in [2.05, 4.69) is 35.9 Å². The zero-order valence-electron chi connectivity index (χ0n) is 17.9. The molecule has 1 aromatic carbocycles. The molecular weight excluding hydrogens is 347 g/mol. The van der Waals surface area contributed by atoms with Gasteiger partial charge in [-0.1, -0.05) is 102 Å². The van der Waals surface area contributed by atoms with E-state index in [0.29, 0.717) is 11.4 Å². The summed E-state index contributed by atoms with van der Waals surface area (Å²) in [5, 5.41) is 0. The fourth-order valence-electron chi connectivity index (χ4n) is 3.60. The lowest BCUT2D eigenvalue weighted by Gasteiger charge is -2.06. The molecule has 2 aromatic rings. The standard InChI is InChI=1S/C25H37FN2/c1-3-5-6-7-8-9-10-11-12-13-15-23-20-27-25(28-24(23)26)22-18-16-21(14-4-2)17-19-22/h16-20H,3-15H2,1-2H3. The van der Waals surface area contributed by atoms with Crippen LogP contribution in [0.5, 0.6) is 0 Å². The summed E-state index contributed by atoms with van der Waals surface area (Å²) in [6.45, 7) is 4.42. The molecule has 0 fully saturated rings. The Kier molecular flexibility index (Phi) is 10.8. The van der Waals surface area contributed by atoms with Crippen molar-refractivity contribution in [2.75, 3.05) is 0 Å². The van der Waals surface area contributed by atoms with Crippen LogP contribution in [0.3, 0.4) is 0 Å². The van der Waals surface area contributed by atoms with Crippen molar-refractivity contribution in [2.24, 2.45) is 0 Å². The second kappa shape index (κ2) is 13.4. The summed E-state index contributed by atoms with van der Waals surface area (Å²) >= 11 is 0. The molecule has 3 heteroatoms. The number of rotatable bonds is 14. The molecule has 2 nitrogen and oxygen atoms in total. The van der Waals surface area contributed by atoms with E-state index in [9.17, 15) is 4.39 Å². The van der Waals surface area contributed by atoms with Crippen molar-refractivity contribution in [1.82, 2.24) is 9.97 Å². The molecular formula is C25H37FN2. The molecule has 0 saturated heterocycles. The maximum absolute atomic E-state index is 14.4. The van der Waals surface area contributed by atoms with Gasteiger partial charge in [0.15, 0.2) is 5.82 Å². The number of aryl methyl sites for hydroxylation is 2. The first-order chi connectivity index (χ1) is 13.7. The highest BCUT2D eigenvalue weighted by Crippen LogP contribution is 2.19. The van der Waals surface area contributed by atoms with E-state index in [1.807, 2.05) is 12.1 Å². The number of nitrogens with zero attached hydrogens (tertiary/aromatic N) is 2. The van der Waals surface area contributed by atoms with Gasteiger partial charge in [-0.15, -0.1) is 0 Å². The summed E-state index contributed by atoms with van der Waals surface area (Å²) in [5.74, 6) is 0.117. The van der Waals surface area contributed by atoms with Crippen LogP contribution >= 0.6 is 0 Å². The van der Waals surface area contributed by atoms with Crippen LogP contribution in [0.25, 0.3) is 11.4 Å². The van der Waals surface area contributed by atoms with Gasteiger partial charge in [0.05, 0.1) is 0 Å². The molecule has 0 unspecified atom stereocenters. The van der Waals surface area contributed by atoms with Gasteiger partial charge in [-0.25, -0.2) is 4.98 Å². The first-order valence-electron chi connectivity index (χ1n) is 11.3. The smallest absolute Gasteiger partial charge is 0.219 e. The predicted molar refractivity (Wildman–Crippen MR) is 117 cm³/mol. The third-order valence-electron chi connectivity index (χ3n) is 5.36. The Bertz CT molecular complexity index is 667. The number of aromatic nitrogens is 2. The average Bonchev–Trinajstić information content (AvgIpc) is 2.71. The lowest BCUT2D eigenvalue weighted by Crippen LogP contribution is -1.99. The van der Waals surface area contributed by atoms with Crippen molar-refractivity contribution in [3.63, 3.8) is 0 Å². The Morgan fingerprint density at radius 3 is 1.89 bits per heavy atom. The monoisotopic (exact) mass is 384 g/mol. The van der Waals surface area contributed by atoms with Crippen LogP contribution in [0.2, 0.25) is 0 Å². The van der Waals surface area contributed by atoms with Crippen LogP contribution in [-0.4, -0.2) is 9.97 Å². The molecule has 0 radical (unpaired) electrons. The van der Waals surface area contributed by atoms with Gasteiger partial charge in [0.25, 0.3) is 0 Å². The number of benzene rings is 1. The minimum Gasteiger partial charge on any atom is -0.236 e. The van der Waals surface area contributed by atoms with Crippen molar-refractivity contribution in [3.05, 3.63) is 47.5 Å². The molecule has 0 saturated carbocycles. The highest BCUT2D eigenvalue weighted by Gasteiger charge is 2.08. The van der Waals surface area contributed by atoms with Crippen LogP contribution < -0.4 is 0 Å². The fraction of sp³-hybridized carbons (Fsp3) is 0.600. The molecule has 0 aliphatic rings. The Hall–Kier alpha value is -1.77. The maximum Gasteiger partial charge on any atom is 0.219 e. The van der Waals surface area contributed by atoms with E-state index in [0.717, 1.165) is 37.7 Å². The predicted octanol–water partition coefficient (Wildman–Crippen LogP) is 7.70. The van der Waals surface area contributed by atoms with E-state index in [-0.39, 0.29) is 5.95 Å². The van der Waals surface area contributed by atoms with Crippen LogP contribution in [0.4, 0.5) is 4.39 Å². The van der Waals surface area contributed by atoms with E-state index >= 15 is 0 Å². The highest BCUT2D eigenvalue weighted by atomic mass is 19.1. The third kappa shape index (κ3) is 8.08. The topological polar surface area (TPSA) is 25.8 Å². The molecule has 1 heterocycles. The van der Waals surface area contributed by atoms with E-state index < -0.39 is 0 Å². The minimum atomic E-state index is -0.362. The second-order valence-electron chi connectivity index (χ2n) is 7.89. The number of unbranched alkanes of at least 4 members (excludes halogenated alkanes) is 9. The fourth-order valence-corrected chi connectivity index (χ4v) is 3.60. The van der Waals surface area contributed by atoms with Crippen molar-refractivity contribution < 1.29 is 4.39 Å². The normalized spacial score (nSPS) is 11.1. The Balaban J connectivity index is 1.69. The van der Waals surface area contributed by atoms with Gasteiger partial charge >= 0.3 is 0 Å². The number of hydrogen-bond acceptors (Lipinski definition) is 2. The average molecular weight is 385 g/mol. The number of halogens is 1. The zero-order chi connectivity index (χ0) is 20.0. The van der Waals surface area contributed by atoms with Gasteiger partial charge in [-0.2, -0.15) is 9.37 Å². The lowest BCUT2D eigenvalue weighted by atomic mass is 10.0. The molecule has 0 aliphatic heterocycles. The van der Waals surface area contributed by atoms with Gasteiger partial charge in [0.1, 0.15) is 0 Å². The molecule has 0 atom stereocenters. The van der Waals surface area contributed by atoms with Crippen LogP contribution in [-0.2, 0) is 12.8 Å². The Morgan fingerprint density at radius 2 is 1.32 bits per heavy atom. The van der Waals surface area contributed by atoms with Gasteiger partial charge < -0.3 is 0 Å². The Morgan fingerprint density at radius 1 is 0.714 bits per heavy atom. The van der Waals surface area contributed by atoms with E-state index in [1.54, 1.807) is 6.20 Å². The third-order valence-corrected chi connectivity index (χ3v) is 5.36. The van der Waals surface area contributed by atoms with Gasteiger partial charge in [0, 0.05) is 17.3 Å². The van der Waals surface area contributed by atoms with Crippen molar-refractivity contribution >= 4 is 0 Å². The summed E-state index contributed by atoms with van der Waals surface area (Å²) in [4.78, 5) is 8.50. The maximum atomic E-state index is 14.4.